The van der Waals surface area contributed by atoms with Crippen molar-refractivity contribution in [2.24, 2.45) is 0 Å². The Morgan fingerprint density at radius 3 is 2.66 bits per heavy atom. The van der Waals surface area contributed by atoms with Crippen LogP contribution >= 0.6 is 11.8 Å². The molecule has 154 valence electrons. The first kappa shape index (κ1) is 20.8. The Hall–Kier alpha value is -2.95. The summed E-state index contributed by atoms with van der Waals surface area (Å²) in [6, 6.07) is 13.2. The predicted octanol–water partition coefficient (Wildman–Crippen LogP) is 3.97. The molecular formula is C18H17F3N4O3S. The summed E-state index contributed by atoms with van der Waals surface area (Å²) in [4.78, 5) is 11.3. The molecule has 1 aromatic carbocycles. The molecule has 11 heteroatoms. The number of nitrogens with zero attached hydrogens (tertiary/aromatic N) is 3. The van der Waals surface area contributed by atoms with Crippen molar-refractivity contribution in [1.29, 1.82) is 0 Å². The average Bonchev–Trinajstić information content (AvgIpc) is 3.34. The van der Waals surface area contributed by atoms with Crippen LogP contribution in [-0.2, 0) is 11.3 Å². The monoisotopic (exact) mass is 426 g/mol. The molecule has 0 unspecified atom stereocenters. The van der Waals surface area contributed by atoms with Gasteiger partial charge in [-0.2, -0.15) is 13.2 Å². The van der Waals surface area contributed by atoms with E-state index in [4.69, 9.17) is 4.42 Å². The minimum absolute atomic E-state index is 0.107. The van der Waals surface area contributed by atoms with Gasteiger partial charge < -0.3 is 14.5 Å². The Balaban J connectivity index is 1.61. The molecule has 7 nitrogen and oxygen atoms in total. The molecule has 29 heavy (non-hydrogen) atoms. The van der Waals surface area contributed by atoms with Gasteiger partial charge in [-0.1, -0.05) is 42.1 Å². The van der Waals surface area contributed by atoms with E-state index in [-0.39, 0.29) is 6.54 Å². The number of aromatic nitrogens is 3. The van der Waals surface area contributed by atoms with E-state index in [2.05, 4.69) is 20.3 Å². The van der Waals surface area contributed by atoms with Crippen molar-refractivity contribution < 1.29 is 27.1 Å². The highest BCUT2D eigenvalue weighted by molar-refractivity contribution is 7.99. The van der Waals surface area contributed by atoms with E-state index in [1.54, 1.807) is 18.4 Å². The number of nitrogens with one attached hydrogen (secondary N) is 1. The second kappa shape index (κ2) is 9.50. The molecule has 0 atom stereocenters. The zero-order valence-corrected chi connectivity index (χ0v) is 15.9. The number of hydrogen-bond donors (Lipinski definition) is 1. The average molecular weight is 426 g/mol. The van der Waals surface area contributed by atoms with Crippen LogP contribution in [0, 0.1) is 0 Å². The summed E-state index contributed by atoms with van der Waals surface area (Å²) in [5, 5.41) is 11.2. The highest BCUT2D eigenvalue weighted by Crippen LogP contribution is 2.25. The molecule has 2 heterocycles. The predicted molar refractivity (Wildman–Crippen MR) is 99.4 cm³/mol. The summed E-state index contributed by atoms with van der Waals surface area (Å²) in [7, 11) is 0. The molecule has 0 radical (unpaired) electrons. The minimum Gasteiger partial charge on any atom is -0.461 e. The molecule has 0 aliphatic carbocycles. The quantitative estimate of drug-likeness (QED) is 0.434. The second-order valence-electron chi connectivity index (χ2n) is 5.82. The van der Waals surface area contributed by atoms with Crippen molar-refractivity contribution in [3.63, 3.8) is 0 Å². The number of amides is 1. The van der Waals surface area contributed by atoms with Crippen LogP contribution in [0.4, 0.5) is 18.0 Å². The lowest BCUT2D eigenvalue weighted by Gasteiger charge is -2.10. The van der Waals surface area contributed by atoms with Gasteiger partial charge in [0.2, 0.25) is 5.82 Å². The summed E-state index contributed by atoms with van der Waals surface area (Å²) in [6.45, 7) is -1.01. The number of halogens is 3. The molecule has 1 N–H and O–H groups in total. The molecule has 0 aliphatic heterocycles. The number of benzene rings is 1. The van der Waals surface area contributed by atoms with E-state index in [9.17, 15) is 18.0 Å². The summed E-state index contributed by atoms with van der Waals surface area (Å²) in [5.41, 5.74) is 1.04. The van der Waals surface area contributed by atoms with Crippen molar-refractivity contribution in [2.75, 3.05) is 18.9 Å². The summed E-state index contributed by atoms with van der Waals surface area (Å²) < 4.78 is 47.5. The molecule has 0 bridgehead atoms. The minimum atomic E-state index is -4.55. The highest BCUT2D eigenvalue weighted by Gasteiger charge is 2.29. The second-order valence-corrected chi connectivity index (χ2v) is 6.88. The third-order valence-corrected chi connectivity index (χ3v) is 4.58. The number of alkyl halides is 3. The molecule has 3 aromatic rings. The van der Waals surface area contributed by atoms with Gasteiger partial charge in [-0.15, -0.1) is 10.2 Å². The Bertz CT molecular complexity index is 914. The summed E-state index contributed by atoms with van der Waals surface area (Å²) >= 11 is 1.31. The van der Waals surface area contributed by atoms with Crippen molar-refractivity contribution in [3.8, 4) is 11.6 Å². The van der Waals surface area contributed by atoms with Gasteiger partial charge in [0.05, 0.1) is 12.8 Å². The molecule has 0 fully saturated rings. The Kier molecular flexibility index (Phi) is 6.81. The molecule has 0 aliphatic rings. The lowest BCUT2D eigenvalue weighted by molar-refractivity contribution is -0.160. The van der Waals surface area contributed by atoms with Crippen LogP contribution in [0.5, 0.6) is 0 Å². The van der Waals surface area contributed by atoms with E-state index in [1.807, 2.05) is 34.9 Å². The van der Waals surface area contributed by atoms with Crippen LogP contribution < -0.4 is 5.32 Å². The standard InChI is InChI=1S/C18H17F3N4O3S/c19-18(20,21)12-28-17(26)22-8-10-29-16-24-23-15(14-7-4-9-27-14)25(16)11-13-5-2-1-3-6-13/h1-7,9H,8,10-12H2,(H,22,26). The molecule has 1 amide bonds. The largest absolute Gasteiger partial charge is 0.461 e. The number of hydrogen-bond acceptors (Lipinski definition) is 6. The number of carbonyl (C=O) groups excluding carboxylic acids is 1. The summed E-state index contributed by atoms with van der Waals surface area (Å²) in [5.74, 6) is 1.49. The van der Waals surface area contributed by atoms with E-state index >= 15 is 0 Å². The first-order valence-corrected chi connectivity index (χ1v) is 9.52. The van der Waals surface area contributed by atoms with Crippen LogP contribution in [0.1, 0.15) is 5.56 Å². The molecule has 0 saturated heterocycles. The maximum absolute atomic E-state index is 12.0. The van der Waals surface area contributed by atoms with E-state index in [0.29, 0.717) is 29.0 Å². The van der Waals surface area contributed by atoms with Crippen LogP contribution in [0.2, 0.25) is 0 Å². The number of thioether (sulfide) groups is 1. The van der Waals surface area contributed by atoms with Crippen LogP contribution in [0.25, 0.3) is 11.6 Å². The molecule has 2 aromatic heterocycles. The fraction of sp³-hybridized carbons (Fsp3) is 0.278. The van der Waals surface area contributed by atoms with Crippen molar-refractivity contribution in [3.05, 3.63) is 54.3 Å². The molecular weight excluding hydrogens is 409 g/mol. The van der Waals surface area contributed by atoms with Gasteiger partial charge in [0.15, 0.2) is 17.5 Å². The van der Waals surface area contributed by atoms with E-state index < -0.39 is 18.9 Å². The molecule has 0 spiro atoms. The summed E-state index contributed by atoms with van der Waals surface area (Å²) in [6.07, 6.45) is -4.13. The smallest absolute Gasteiger partial charge is 0.422 e. The SMILES string of the molecule is O=C(NCCSc1nnc(-c2ccco2)n1Cc1ccccc1)OCC(F)(F)F. The lowest BCUT2D eigenvalue weighted by atomic mass is 10.2. The van der Waals surface area contributed by atoms with Crippen molar-refractivity contribution in [1.82, 2.24) is 20.1 Å². The Labute approximate surface area is 168 Å². The Morgan fingerprint density at radius 2 is 1.97 bits per heavy atom. The number of rotatable bonds is 8. The number of ether oxygens (including phenoxy) is 1. The van der Waals surface area contributed by atoms with Crippen LogP contribution in [0.15, 0.2) is 58.3 Å². The zero-order chi connectivity index (χ0) is 20.7. The highest BCUT2D eigenvalue weighted by atomic mass is 32.2. The lowest BCUT2D eigenvalue weighted by Crippen LogP contribution is -2.30. The number of carbonyl (C=O) groups is 1. The Morgan fingerprint density at radius 1 is 1.17 bits per heavy atom. The van der Waals surface area contributed by atoms with Crippen LogP contribution in [0.3, 0.4) is 0 Å². The van der Waals surface area contributed by atoms with Gasteiger partial charge in [0.1, 0.15) is 0 Å². The van der Waals surface area contributed by atoms with Gasteiger partial charge in [-0.3, -0.25) is 4.57 Å². The zero-order valence-electron chi connectivity index (χ0n) is 15.1. The first-order valence-electron chi connectivity index (χ1n) is 8.53. The van der Waals surface area contributed by atoms with Gasteiger partial charge >= 0.3 is 12.3 Å². The fourth-order valence-corrected chi connectivity index (χ4v) is 3.18. The first-order chi connectivity index (χ1) is 13.9. The topological polar surface area (TPSA) is 82.2 Å². The van der Waals surface area contributed by atoms with Gasteiger partial charge in [-0.05, 0) is 17.7 Å². The molecule has 0 saturated carbocycles. The van der Waals surface area contributed by atoms with Gasteiger partial charge in [-0.25, -0.2) is 4.79 Å². The number of alkyl carbamates (subject to hydrolysis) is 1. The molecule has 3 rings (SSSR count). The fourth-order valence-electron chi connectivity index (χ4n) is 2.39. The maximum Gasteiger partial charge on any atom is 0.422 e. The number of furan rings is 1. The van der Waals surface area contributed by atoms with Gasteiger partial charge in [0.25, 0.3) is 0 Å². The van der Waals surface area contributed by atoms with Crippen molar-refractivity contribution in [2.45, 2.75) is 17.9 Å². The van der Waals surface area contributed by atoms with E-state index in [0.717, 1.165) is 5.56 Å². The normalized spacial score (nSPS) is 11.4. The van der Waals surface area contributed by atoms with Crippen LogP contribution in [-0.4, -0.2) is 45.9 Å². The van der Waals surface area contributed by atoms with Gasteiger partial charge in [0, 0.05) is 12.3 Å². The van der Waals surface area contributed by atoms with Crippen molar-refractivity contribution >= 4 is 17.9 Å². The van der Waals surface area contributed by atoms with E-state index in [1.165, 1.54) is 11.8 Å². The third kappa shape index (κ3) is 6.28. The third-order valence-electron chi connectivity index (χ3n) is 3.61. The maximum atomic E-state index is 12.0.